The Kier molecular flexibility index (Phi) is 6.80. The van der Waals surface area contributed by atoms with Crippen molar-refractivity contribution in [1.82, 2.24) is 5.32 Å². The van der Waals surface area contributed by atoms with Gasteiger partial charge in [0.1, 0.15) is 0 Å². The number of hydrogen-bond donors (Lipinski definition) is 2. The molecule has 2 N–H and O–H groups in total. The lowest BCUT2D eigenvalue weighted by Crippen LogP contribution is -2.37. The van der Waals surface area contributed by atoms with Crippen LogP contribution in [0.5, 0.6) is 0 Å². The van der Waals surface area contributed by atoms with E-state index in [-0.39, 0.29) is 6.03 Å². The molecule has 1 fully saturated rings. The molecule has 1 aliphatic rings. The van der Waals surface area contributed by atoms with E-state index in [4.69, 9.17) is 16.3 Å². The molecule has 122 valence electrons. The maximum Gasteiger partial charge on any atom is 0.319 e. The van der Waals surface area contributed by atoms with Gasteiger partial charge in [-0.2, -0.15) is 0 Å². The number of anilines is 2. The van der Waals surface area contributed by atoms with E-state index in [9.17, 15) is 4.79 Å². The van der Waals surface area contributed by atoms with Gasteiger partial charge >= 0.3 is 6.03 Å². The van der Waals surface area contributed by atoms with Crippen molar-refractivity contribution in [1.29, 1.82) is 0 Å². The lowest BCUT2D eigenvalue weighted by atomic mass is 10.2. The maximum absolute atomic E-state index is 12.0. The number of carbonyl (C=O) groups excluding carboxylic acids is 1. The van der Waals surface area contributed by atoms with E-state index in [0.29, 0.717) is 24.8 Å². The number of rotatable bonds is 6. The van der Waals surface area contributed by atoms with Gasteiger partial charge in [0.05, 0.1) is 24.6 Å². The number of urea groups is 1. The largest absolute Gasteiger partial charge is 0.378 e. The zero-order chi connectivity index (χ0) is 15.8. The van der Waals surface area contributed by atoms with Crippen molar-refractivity contribution in [3.05, 3.63) is 23.2 Å². The van der Waals surface area contributed by atoms with Crippen molar-refractivity contribution >= 4 is 29.0 Å². The standard InChI is InChI=1S/C16H24ClN3O2/c1-2-3-4-7-18-16(21)19-14-12-13(17)5-6-15(14)20-8-10-22-11-9-20/h5-6,12H,2-4,7-11H2,1H3,(H2,18,19,21). The molecule has 1 aliphatic heterocycles. The van der Waals surface area contributed by atoms with Gasteiger partial charge < -0.3 is 20.3 Å². The van der Waals surface area contributed by atoms with Crippen LogP contribution in [-0.4, -0.2) is 38.9 Å². The summed E-state index contributed by atoms with van der Waals surface area (Å²) in [4.78, 5) is 14.2. The molecule has 2 amide bonds. The third-order valence-corrected chi connectivity index (χ3v) is 3.86. The van der Waals surface area contributed by atoms with Gasteiger partial charge in [-0.05, 0) is 24.6 Å². The van der Waals surface area contributed by atoms with E-state index in [1.165, 1.54) is 0 Å². The van der Waals surface area contributed by atoms with Crippen LogP contribution in [0.15, 0.2) is 18.2 Å². The van der Waals surface area contributed by atoms with Crippen molar-refractivity contribution in [2.24, 2.45) is 0 Å². The Labute approximate surface area is 137 Å². The van der Waals surface area contributed by atoms with Crippen LogP contribution in [0.3, 0.4) is 0 Å². The number of morpholine rings is 1. The second-order valence-corrected chi connectivity index (χ2v) is 5.79. The van der Waals surface area contributed by atoms with Gasteiger partial charge in [0.2, 0.25) is 0 Å². The first-order valence-electron chi connectivity index (χ1n) is 7.88. The highest BCUT2D eigenvalue weighted by Gasteiger charge is 2.16. The second kappa shape index (κ2) is 8.86. The van der Waals surface area contributed by atoms with Gasteiger partial charge in [0.25, 0.3) is 0 Å². The molecule has 0 saturated carbocycles. The first-order chi connectivity index (χ1) is 10.7. The van der Waals surface area contributed by atoms with E-state index in [1.807, 2.05) is 12.1 Å². The van der Waals surface area contributed by atoms with Gasteiger partial charge in [0, 0.05) is 24.7 Å². The van der Waals surface area contributed by atoms with Crippen molar-refractivity contribution in [3.8, 4) is 0 Å². The summed E-state index contributed by atoms with van der Waals surface area (Å²) in [6, 6.07) is 5.39. The molecule has 22 heavy (non-hydrogen) atoms. The second-order valence-electron chi connectivity index (χ2n) is 5.35. The first-order valence-corrected chi connectivity index (χ1v) is 8.25. The van der Waals surface area contributed by atoms with Crippen LogP contribution >= 0.6 is 11.6 Å². The Balaban J connectivity index is 1.99. The molecule has 5 nitrogen and oxygen atoms in total. The summed E-state index contributed by atoms with van der Waals surface area (Å²) in [6.45, 7) is 5.85. The predicted octanol–water partition coefficient (Wildman–Crippen LogP) is 3.49. The highest BCUT2D eigenvalue weighted by atomic mass is 35.5. The fourth-order valence-electron chi connectivity index (χ4n) is 2.43. The Morgan fingerprint density at radius 2 is 2.09 bits per heavy atom. The summed E-state index contributed by atoms with van der Waals surface area (Å²) in [6.07, 6.45) is 3.25. The molecule has 0 aromatic heterocycles. The van der Waals surface area contributed by atoms with E-state index in [2.05, 4.69) is 22.5 Å². The number of amides is 2. The zero-order valence-corrected chi connectivity index (χ0v) is 13.8. The number of halogens is 1. The molecule has 0 radical (unpaired) electrons. The summed E-state index contributed by atoms with van der Waals surface area (Å²) in [7, 11) is 0. The van der Waals surface area contributed by atoms with Gasteiger partial charge in [-0.3, -0.25) is 0 Å². The summed E-state index contributed by atoms with van der Waals surface area (Å²) >= 11 is 6.07. The minimum atomic E-state index is -0.187. The van der Waals surface area contributed by atoms with E-state index in [1.54, 1.807) is 6.07 Å². The molecule has 0 aliphatic carbocycles. The number of nitrogens with one attached hydrogen (secondary N) is 2. The zero-order valence-electron chi connectivity index (χ0n) is 13.0. The molecule has 1 aromatic carbocycles. The topological polar surface area (TPSA) is 53.6 Å². The number of unbranched alkanes of at least 4 members (excludes halogenated alkanes) is 2. The van der Waals surface area contributed by atoms with Gasteiger partial charge in [-0.25, -0.2) is 4.79 Å². The van der Waals surface area contributed by atoms with Crippen LogP contribution in [-0.2, 0) is 4.74 Å². The SMILES string of the molecule is CCCCCNC(=O)Nc1cc(Cl)ccc1N1CCOCC1. The molecule has 0 bridgehead atoms. The Morgan fingerprint density at radius 3 is 2.82 bits per heavy atom. The van der Waals surface area contributed by atoms with Crippen LogP contribution in [0.2, 0.25) is 5.02 Å². The van der Waals surface area contributed by atoms with Crippen LogP contribution in [0.1, 0.15) is 26.2 Å². The average molecular weight is 326 g/mol. The minimum Gasteiger partial charge on any atom is -0.378 e. The molecule has 0 spiro atoms. The van der Waals surface area contributed by atoms with Crippen molar-refractivity contribution < 1.29 is 9.53 Å². The molecule has 1 heterocycles. The van der Waals surface area contributed by atoms with Crippen LogP contribution < -0.4 is 15.5 Å². The van der Waals surface area contributed by atoms with Crippen LogP contribution in [0, 0.1) is 0 Å². The van der Waals surface area contributed by atoms with Crippen molar-refractivity contribution in [2.45, 2.75) is 26.2 Å². The highest BCUT2D eigenvalue weighted by Crippen LogP contribution is 2.29. The van der Waals surface area contributed by atoms with Crippen LogP contribution in [0.25, 0.3) is 0 Å². The molecular formula is C16H24ClN3O2. The smallest absolute Gasteiger partial charge is 0.319 e. The van der Waals surface area contributed by atoms with Gasteiger partial charge in [0.15, 0.2) is 0 Å². The fraction of sp³-hybridized carbons (Fsp3) is 0.562. The van der Waals surface area contributed by atoms with E-state index in [0.717, 1.165) is 43.7 Å². The summed E-state index contributed by atoms with van der Waals surface area (Å²) in [5.41, 5.74) is 1.72. The third kappa shape index (κ3) is 5.07. The predicted molar refractivity (Wildman–Crippen MR) is 91.0 cm³/mol. The number of ether oxygens (including phenoxy) is 1. The Morgan fingerprint density at radius 1 is 1.32 bits per heavy atom. The molecule has 6 heteroatoms. The molecule has 0 unspecified atom stereocenters. The number of benzene rings is 1. The van der Waals surface area contributed by atoms with Gasteiger partial charge in [-0.15, -0.1) is 0 Å². The summed E-state index contributed by atoms with van der Waals surface area (Å²) in [5, 5.41) is 6.40. The van der Waals surface area contributed by atoms with Crippen molar-refractivity contribution in [2.75, 3.05) is 43.1 Å². The molecule has 1 saturated heterocycles. The van der Waals surface area contributed by atoms with Crippen LogP contribution in [0.4, 0.5) is 16.2 Å². The first kappa shape index (κ1) is 16.9. The molecule has 0 atom stereocenters. The van der Waals surface area contributed by atoms with Gasteiger partial charge in [-0.1, -0.05) is 31.4 Å². The Hall–Kier alpha value is -1.46. The quantitative estimate of drug-likeness (QED) is 0.787. The highest BCUT2D eigenvalue weighted by molar-refractivity contribution is 6.31. The number of nitrogens with zero attached hydrogens (tertiary/aromatic N) is 1. The van der Waals surface area contributed by atoms with Crippen molar-refractivity contribution in [3.63, 3.8) is 0 Å². The molecule has 1 aromatic rings. The average Bonchev–Trinajstić information content (AvgIpc) is 2.53. The molecular weight excluding hydrogens is 302 g/mol. The third-order valence-electron chi connectivity index (χ3n) is 3.62. The lowest BCUT2D eigenvalue weighted by Gasteiger charge is -2.30. The lowest BCUT2D eigenvalue weighted by molar-refractivity contribution is 0.123. The fourth-order valence-corrected chi connectivity index (χ4v) is 2.60. The molecule has 2 rings (SSSR count). The normalized spacial score (nSPS) is 14.7. The minimum absolute atomic E-state index is 0.187. The Bertz CT molecular complexity index is 490. The summed E-state index contributed by atoms with van der Waals surface area (Å²) < 4.78 is 5.37. The summed E-state index contributed by atoms with van der Waals surface area (Å²) in [5.74, 6) is 0. The maximum atomic E-state index is 12.0. The monoisotopic (exact) mass is 325 g/mol. The van der Waals surface area contributed by atoms with E-state index < -0.39 is 0 Å². The number of carbonyl (C=O) groups is 1. The number of hydrogen-bond acceptors (Lipinski definition) is 3. The van der Waals surface area contributed by atoms with E-state index >= 15 is 0 Å².